The molecule has 7 nitrogen and oxygen atoms in total. The minimum absolute atomic E-state index is 0.281. The Morgan fingerprint density at radius 2 is 1.88 bits per heavy atom. The van der Waals surface area contributed by atoms with E-state index in [1.54, 1.807) is 19.4 Å². The number of aromatic nitrogens is 4. The molecule has 0 fully saturated rings. The molecule has 2 N–H and O–H groups in total. The number of amides is 1. The summed E-state index contributed by atoms with van der Waals surface area (Å²) in [6, 6.07) is 10.9. The van der Waals surface area contributed by atoms with Gasteiger partial charge in [-0.1, -0.05) is 11.8 Å². The molecular weight excluding hydrogens is 456 g/mol. The molecule has 2 aromatic heterocycles. The Morgan fingerprint density at radius 1 is 1.12 bits per heavy atom. The molecular formula is C21H17F2N5O2S2. The lowest BCUT2D eigenvalue weighted by molar-refractivity contribution is -0.115. The van der Waals surface area contributed by atoms with E-state index in [0.717, 1.165) is 23.4 Å². The lowest BCUT2D eigenvalue weighted by Gasteiger charge is -2.07. The molecule has 11 heteroatoms. The van der Waals surface area contributed by atoms with E-state index in [2.05, 4.69) is 25.5 Å². The van der Waals surface area contributed by atoms with Gasteiger partial charge in [0.1, 0.15) is 5.75 Å². The van der Waals surface area contributed by atoms with E-state index in [0.29, 0.717) is 27.4 Å². The largest absolute Gasteiger partial charge is 0.497 e. The molecule has 1 atom stereocenters. The summed E-state index contributed by atoms with van der Waals surface area (Å²) in [7, 11) is 1.60. The predicted octanol–water partition coefficient (Wildman–Crippen LogP) is 5.00. The zero-order valence-corrected chi connectivity index (χ0v) is 18.6. The maximum Gasteiger partial charge on any atom is 0.239 e. The molecule has 0 saturated carbocycles. The van der Waals surface area contributed by atoms with Crippen molar-refractivity contribution in [2.24, 2.45) is 0 Å². The highest BCUT2D eigenvalue weighted by molar-refractivity contribution is 8.00. The topological polar surface area (TPSA) is 92.8 Å². The number of anilines is 1. The normalized spacial score (nSPS) is 11.9. The Morgan fingerprint density at radius 3 is 2.59 bits per heavy atom. The Kier molecular flexibility index (Phi) is 6.47. The molecule has 0 aliphatic carbocycles. The number of carbonyl (C=O) groups is 1. The van der Waals surface area contributed by atoms with Crippen molar-refractivity contribution in [3.8, 4) is 28.4 Å². The summed E-state index contributed by atoms with van der Waals surface area (Å²) in [6.07, 6.45) is 0. The fraction of sp³-hybridized carbons (Fsp3) is 0.143. The Balaban J connectivity index is 1.38. The number of hydrogen-bond acceptors (Lipinski definition) is 7. The van der Waals surface area contributed by atoms with Crippen molar-refractivity contribution < 1.29 is 18.3 Å². The second-order valence-electron chi connectivity index (χ2n) is 6.61. The Bertz CT molecular complexity index is 1240. The van der Waals surface area contributed by atoms with Crippen LogP contribution in [0.4, 0.5) is 13.9 Å². The number of carbonyl (C=O) groups excluding carboxylic acids is 1. The quantitative estimate of drug-likeness (QED) is 0.367. The smallest absolute Gasteiger partial charge is 0.239 e. The van der Waals surface area contributed by atoms with E-state index >= 15 is 0 Å². The summed E-state index contributed by atoms with van der Waals surface area (Å²) in [5.74, 6) is -0.837. The monoisotopic (exact) mass is 473 g/mol. The van der Waals surface area contributed by atoms with E-state index in [-0.39, 0.29) is 5.91 Å². The van der Waals surface area contributed by atoms with Gasteiger partial charge in [0.05, 0.1) is 18.1 Å². The van der Waals surface area contributed by atoms with E-state index in [1.165, 1.54) is 29.2 Å². The van der Waals surface area contributed by atoms with Crippen LogP contribution in [-0.4, -0.2) is 38.4 Å². The predicted molar refractivity (Wildman–Crippen MR) is 120 cm³/mol. The first-order valence-corrected chi connectivity index (χ1v) is 11.1. The number of H-pyrrole nitrogens is 1. The molecule has 0 spiro atoms. The molecule has 0 aliphatic rings. The molecule has 0 bridgehead atoms. The van der Waals surface area contributed by atoms with E-state index in [9.17, 15) is 13.6 Å². The van der Waals surface area contributed by atoms with Crippen molar-refractivity contribution in [2.45, 2.75) is 17.3 Å². The van der Waals surface area contributed by atoms with E-state index < -0.39 is 16.9 Å². The molecule has 0 radical (unpaired) electrons. The third-order valence-corrected chi connectivity index (χ3v) is 6.15. The van der Waals surface area contributed by atoms with Crippen molar-refractivity contribution in [2.75, 3.05) is 12.4 Å². The van der Waals surface area contributed by atoms with Gasteiger partial charge in [-0.2, -0.15) is 0 Å². The third-order valence-electron chi connectivity index (χ3n) is 4.43. The van der Waals surface area contributed by atoms with Gasteiger partial charge in [0.25, 0.3) is 0 Å². The summed E-state index contributed by atoms with van der Waals surface area (Å²) < 4.78 is 31.7. The molecule has 0 aliphatic heterocycles. The highest BCUT2D eigenvalue weighted by Gasteiger charge is 2.19. The number of ether oxygens (including phenoxy) is 1. The van der Waals surface area contributed by atoms with Crippen molar-refractivity contribution in [1.82, 2.24) is 20.2 Å². The lowest BCUT2D eigenvalue weighted by atomic mass is 10.2. The van der Waals surface area contributed by atoms with Crippen LogP contribution in [0, 0.1) is 11.6 Å². The van der Waals surface area contributed by atoms with E-state index in [4.69, 9.17) is 4.74 Å². The van der Waals surface area contributed by atoms with Gasteiger partial charge in [-0.25, -0.2) is 18.7 Å². The van der Waals surface area contributed by atoms with Crippen molar-refractivity contribution in [3.05, 3.63) is 59.5 Å². The van der Waals surface area contributed by atoms with Crippen molar-refractivity contribution >= 4 is 34.1 Å². The minimum Gasteiger partial charge on any atom is -0.497 e. The van der Waals surface area contributed by atoms with Crippen LogP contribution in [0.15, 0.2) is 53.0 Å². The van der Waals surface area contributed by atoms with Crippen LogP contribution >= 0.6 is 23.1 Å². The number of nitrogens with zero attached hydrogens (tertiary/aromatic N) is 3. The summed E-state index contributed by atoms with van der Waals surface area (Å²) in [5.41, 5.74) is 1.72. The van der Waals surface area contributed by atoms with Crippen LogP contribution in [0.25, 0.3) is 22.6 Å². The molecule has 2 heterocycles. The first-order valence-electron chi connectivity index (χ1n) is 9.38. The standard InChI is InChI=1S/C21H17F2N5O2S2/c1-11(32-21-25-18(27-28-21)12-3-6-14(30-2)7-4-12)19(29)26-20-24-17(10-31-20)13-5-8-15(22)16(23)9-13/h3-11H,1-2H3,(H,24,26,29)(H,25,27,28)/t11-/m0/s1. The fourth-order valence-corrected chi connectivity index (χ4v) is 4.16. The zero-order valence-electron chi connectivity index (χ0n) is 16.9. The molecule has 2 aromatic carbocycles. The molecule has 0 saturated heterocycles. The van der Waals surface area contributed by atoms with Gasteiger partial charge < -0.3 is 10.1 Å². The Hall–Kier alpha value is -3.31. The molecule has 4 rings (SSSR count). The highest BCUT2D eigenvalue weighted by Crippen LogP contribution is 2.28. The molecule has 4 aromatic rings. The summed E-state index contributed by atoms with van der Waals surface area (Å²) in [6.45, 7) is 1.73. The number of hydrogen-bond donors (Lipinski definition) is 2. The maximum absolute atomic E-state index is 13.4. The van der Waals surface area contributed by atoms with Gasteiger partial charge in [-0.05, 0) is 49.4 Å². The van der Waals surface area contributed by atoms with Crippen molar-refractivity contribution in [1.29, 1.82) is 0 Å². The van der Waals surface area contributed by atoms with Crippen molar-refractivity contribution in [3.63, 3.8) is 0 Å². The first-order chi connectivity index (χ1) is 15.4. The van der Waals surface area contributed by atoms with Gasteiger partial charge in [0.2, 0.25) is 11.1 Å². The highest BCUT2D eigenvalue weighted by atomic mass is 32.2. The molecule has 32 heavy (non-hydrogen) atoms. The zero-order chi connectivity index (χ0) is 22.7. The minimum atomic E-state index is -0.952. The summed E-state index contributed by atoms with van der Waals surface area (Å²) in [5, 5.41) is 11.7. The lowest BCUT2D eigenvalue weighted by Crippen LogP contribution is -2.22. The second kappa shape index (κ2) is 9.45. The number of benzene rings is 2. The van der Waals surface area contributed by atoms with E-state index in [1.807, 2.05) is 24.3 Å². The maximum atomic E-state index is 13.4. The van der Waals surface area contributed by atoms with Crippen LogP contribution in [0.1, 0.15) is 6.92 Å². The molecule has 1 amide bonds. The number of methoxy groups -OCH3 is 1. The van der Waals surface area contributed by atoms with Gasteiger partial charge in [0, 0.05) is 16.5 Å². The summed E-state index contributed by atoms with van der Waals surface area (Å²) >= 11 is 2.39. The first kappa shape index (κ1) is 21.9. The fourth-order valence-electron chi connectivity index (χ4n) is 2.71. The molecule has 164 valence electrons. The van der Waals surface area contributed by atoms with Crippen LogP contribution in [0.5, 0.6) is 5.75 Å². The van der Waals surface area contributed by atoms with Gasteiger partial charge >= 0.3 is 0 Å². The van der Waals surface area contributed by atoms with Gasteiger partial charge in [-0.3, -0.25) is 9.89 Å². The SMILES string of the molecule is COc1ccc(-c2nc(S[C@@H](C)C(=O)Nc3nc(-c4ccc(F)c(F)c4)cs3)n[nH]2)cc1. The summed E-state index contributed by atoms with van der Waals surface area (Å²) in [4.78, 5) is 21.3. The number of aromatic amines is 1. The van der Waals surface area contributed by atoms with Gasteiger partial charge in [-0.15, -0.1) is 16.4 Å². The second-order valence-corrected chi connectivity index (χ2v) is 8.78. The molecule has 0 unspecified atom stereocenters. The third kappa shape index (κ3) is 4.94. The van der Waals surface area contributed by atoms with Crippen LogP contribution in [-0.2, 0) is 4.79 Å². The van der Waals surface area contributed by atoms with Crippen LogP contribution < -0.4 is 10.1 Å². The number of thioether (sulfide) groups is 1. The average Bonchev–Trinajstić information content (AvgIpc) is 3.45. The number of halogens is 2. The average molecular weight is 474 g/mol. The number of rotatable bonds is 7. The van der Waals surface area contributed by atoms with Crippen LogP contribution in [0.2, 0.25) is 0 Å². The number of nitrogens with one attached hydrogen (secondary N) is 2. The Labute approximate surface area is 190 Å². The number of thiazole rings is 1. The van der Waals surface area contributed by atoms with Gasteiger partial charge in [0.15, 0.2) is 22.6 Å². The van der Waals surface area contributed by atoms with Crippen LogP contribution in [0.3, 0.4) is 0 Å².